The van der Waals surface area contributed by atoms with Gasteiger partial charge >= 0.3 is 0 Å². The van der Waals surface area contributed by atoms with Crippen LogP contribution in [-0.2, 0) is 13.0 Å². The summed E-state index contributed by atoms with van der Waals surface area (Å²) in [5, 5.41) is 3.42. The zero-order valence-electron chi connectivity index (χ0n) is 10.00. The summed E-state index contributed by atoms with van der Waals surface area (Å²) in [6.07, 6.45) is 8.80. The Kier molecular flexibility index (Phi) is 6.09. The predicted molar refractivity (Wildman–Crippen MR) is 64.0 cm³/mol. The number of nitrogens with zero attached hydrogens (tertiary/aromatic N) is 2. The van der Waals surface area contributed by atoms with E-state index < -0.39 is 0 Å². The highest BCUT2D eigenvalue weighted by Crippen LogP contribution is 2.04. The van der Waals surface area contributed by atoms with Crippen molar-refractivity contribution in [3.05, 3.63) is 18.2 Å². The fourth-order valence-electron chi connectivity index (χ4n) is 1.70. The van der Waals surface area contributed by atoms with Crippen molar-refractivity contribution in [2.45, 2.75) is 46.1 Å². The normalized spacial score (nSPS) is 10.8. The van der Waals surface area contributed by atoms with Crippen LogP contribution in [0.25, 0.3) is 0 Å². The smallest absolute Gasteiger partial charge is 0.0948 e. The van der Waals surface area contributed by atoms with Gasteiger partial charge in [-0.3, -0.25) is 0 Å². The quantitative estimate of drug-likeness (QED) is 0.665. The zero-order valence-corrected chi connectivity index (χ0v) is 10.00. The van der Waals surface area contributed by atoms with Gasteiger partial charge in [0.2, 0.25) is 0 Å². The molecule has 0 saturated heterocycles. The molecule has 0 fully saturated rings. The molecule has 1 N–H and O–H groups in total. The molecule has 0 aromatic carbocycles. The largest absolute Gasteiger partial charge is 0.335 e. The molecule has 86 valence electrons. The fraction of sp³-hybridized carbons (Fsp3) is 0.750. The second-order valence-corrected chi connectivity index (χ2v) is 3.88. The van der Waals surface area contributed by atoms with Gasteiger partial charge in [0.05, 0.1) is 6.33 Å². The number of unbranched alkanes of at least 4 members (excludes halogenated alkanes) is 1. The molecule has 0 unspecified atom stereocenters. The van der Waals surface area contributed by atoms with E-state index in [2.05, 4.69) is 28.7 Å². The van der Waals surface area contributed by atoms with Crippen LogP contribution in [0.3, 0.4) is 0 Å². The van der Waals surface area contributed by atoms with E-state index in [0.717, 1.165) is 26.1 Å². The van der Waals surface area contributed by atoms with Crippen LogP contribution in [0.4, 0.5) is 0 Å². The molecular formula is C12H23N3. The van der Waals surface area contributed by atoms with Crippen LogP contribution in [0.2, 0.25) is 0 Å². The van der Waals surface area contributed by atoms with Crippen molar-refractivity contribution in [2.75, 3.05) is 13.1 Å². The maximum absolute atomic E-state index is 4.17. The molecule has 0 aliphatic heterocycles. The number of hydrogen-bond acceptors (Lipinski definition) is 2. The van der Waals surface area contributed by atoms with Crippen LogP contribution in [-0.4, -0.2) is 22.6 Å². The molecule has 15 heavy (non-hydrogen) atoms. The van der Waals surface area contributed by atoms with Crippen molar-refractivity contribution in [2.24, 2.45) is 0 Å². The van der Waals surface area contributed by atoms with Crippen LogP contribution in [0.5, 0.6) is 0 Å². The van der Waals surface area contributed by atoms with Gasteiger partial charge in [-0.2, -0.15) is 0 Å². The molecule has 0 aliphatic rings. The maximum Gasteiger partial charge on any atom is 0.0948 e. The second kappa shape index (κ2) is 7.46. The van der Waals surface area contributed by atoms with E-state index in [4.69, 9.17) is 0 Å². The molecule has 0 spiro atoms. The molecule has 3 nitrogen and oxygen atoms in total. The Hall–Kier alpha value is -0.830. The lowest BCUT2D eigenvalue weighted by Gasteiger charge is -2.05. The van der Waals surface area contributed by atoms with Gasteiger partial charge in [0.25, 0.3) is 0 Å². The number of aromatic nitrogens is 2. The Morgan fingerprint density at radius 3 is 2.87 bits per heavy atom. The van der Waals surface area contributed by atoms with E-state index >= 15 is 0 Å². The number of nitrogens with one attached hydrogen (secondary N) is 1. The van der Waals surface area contributed by atoms with Crippen molar-refractivity contribution in [3.63, 3.8) is 0 Å². The lowest BCUT2D eigenvalue weighted by atomic mass is 10.2. The summed E-state index contributed by atoms with van der Waals surface area (Å²) in [6, 6.07) is 0. The third kappa shape index (κ3) is 4.47. The van der Waals surface area contributed by atoms with E-state index in [-0.39, 0.29) is 0 Å². The van der Waals surface area contributed by atoms with Crippen LogP contribution in [0.1, 0.15) is 38.8 Å². The number of aryl methyl sites for hydroxylation is 2. The standard InChI is InChI=1S/C12H23N3/c1-3-8-13-9-6-5-7-12-10-14-11-15(12)4-2/h10-11,13H,3-9H2,1-2H3. The van der Waals surface area contributed by atoms with Gasteiger partial charge in [0.15, 0.2) is 0 Å². The molecule has 0 aliphatic carbocycles. The molecule has 0 radical (unpaired) electrons. The van der Waals surface area contributed by atoms with Crippen molar-refractivity contribution in [1.82, 2.24) is 14.9 Å². The summed E-state index contributed by atoms with van der Waals surface area (Å²) in [6.45, 7) is 7.69. The first kappa shape index (κ1) is 12.2. The summed E-state index contributed by atoms with van der Waals surface area (Å²) >= 11 is 0. The highest BCUT2D eigenvalue weighted by atomic mass is 15.0. The summed E-state index contributed by atoms with van der Waals surface area (Å²) < 4.78 is 2.22. The van der Waals surface area contributed by atoms with E-state index in [9.17, 15) is 0 Å². The molecule has 0 bridgehead atoms. The summed E-state index contributed by atoms with van der Waals surface area (Å²) in [5.41, 5.74) is 1.37. The average Bonchev–Trinajstić information content (AvgIpc) is 2.70. The minimum absolute atomic E-state index is 1.03. The first-order chi connectivity index (χ1) is 7.38. The lowest BCUT2D eigenvalue weighted by molar-refractivity contribution is 0.602. The third-order valence-corrected chi connectivity index (χ3v) is 2.60. The van der Waals surface area contributed by atoms with Crippen LogP contribution >= 0.6 is 0 Å². The minimum atomic E-state index is 1.03. The average molecular weight is 209 g/mol. The van der Waals surface area contributed by atoms with E-state index in [1.54, 1.807) is 0 Å². The lowest BCUT2D eigenvalue weighted by Crippen LogP contribution is -2.16. The highest BCUT2D eigenvalue weighted by molar-refractivity contribution is 4.98. The Morgan fingerprint density at radius 1 is 1.27 bits per heavy atom. The molecular weight excluding hydrogens is 186 g/mol. The third-order valence-electron chi connectivity index (χ3n) is 2.60. The number of rotatable bonds is 8. The summed E-state index contributed by atoms with van der Waals surface area (Å²) in [4.78, 5) is 4.17. The molecule has 0 amide bonds. The molecule has 1 aromatic heterocycles. The van der Waals surface area contributed by atoms with E-state index in [0.29, 0.717) is 0 Å². The summed E-state index contributed by atoms with van der Waals surface area (Å²) in [7, 11) is 0. The number of hydrogen-bond donors (Lipinski definition) is 1. The van der Waals surface area contributed by atoms with Gasteiger partial charge in [0, 0.05) is 18.4 Å². The minimum Gasteiger partial charge on any atom is -0.335 e. The molecule has 0 saturated carbocycles. The SMILES string of the molecule is CCCNCCCCc1cncn1CC. The van der Waals surface area contributed by atoms with Crippen molar-refractivity contribution < 1.29 is 0 Å². The zero-order chi connectivity index (χ0) is 10.9. The van der Waals surface area contributed by atoms with Crippen LogP contribution in [0, 0.1) is 0 Å². The van der Waals surface area contributed by atoms with Crippen LogP contribution < -0.4 is 5.32 Å². The first-order valence-corrected chi connectivity index (χ1v) is 6.08. The Bertz CT molecular complexity index is 255. The van der Waals surface area contributed by atoms with Gasteiger partial charge in [0.1, 0.15) is 0 Å². The van der Waals surface area contributed by atoms with E-state index in [1.165, 1.54) is 25.0 Å². The van der Waals surface area contributed by atoms with Gasteiger partial charge in [-0.05, 0) is 45.7 Å². The molecule has 0 atom stereocenters. The maximum atomic E-state index is 4.17. The predicted octanol–water partition coefficient (Wildman–Crippen LogP) is 2.23. The number of imidazole rings is 1. The fourth-order valence-corrected chi connectivity index (χ4v) is 1.70. The Labute approximate surface area is 92.9 Å². The van der Waals surface area contributed by atoms with Gasteiger partial charge in [-0.25, -0.2) is 4.98 Å². The summed E-state index contributed by atoms with van der Waals surface area (Å²) in [5.74, 6) is 0. The first-order valence-electron chi connectivity index (χ1n) is 6.08. The topological polar surface area (TPSA) is 29.9 Å². The highest BCUT2D eigenvalue weighted by Gasteiger charge is 1.99. The molecule has 1 aromatic rings. The second-order valence-electron chi connectivity index (χ2n) is 3.88. The molecule has 1 heterocycles. The van der Waals surface area contributed by atoms with Gasteiger partial charge in [-0.15, -0.1) is 0 Å². The van der Waals surface area contributed by atoms with Crippen molar-refractivity contribution >= 4 is 0 Å². The van der Waals surface area contributed by atoms with Gasteiger partial charge < -0.3 is 9.88 Å². The van der Waals surface area contributed by atoms with Crippen LogP contribution in [0.15, 0.2) is 12.5 Å². The van der Waals surface area contributed by atoms with E-state index in [1.807, 2.05) is 12.5 Å². The molecule has 3 heteroatoms. The van der Waals surface area contributed by atoms with Crippen molar-refractivity contribution in [1.29, 1.82) is 0 Å². The molecule has 1 rings (SSSR count). The Morgan fingerprint density at radius 2 is 2.13 bits per heavy atom. The van der Waals surface area contributed by atoms with Gasteiger partial charge in [-0.1, -0.05) is 6.92 Å². The Balaban J connectivity index is 2.09. The van der Waals surface area contributed by atoms with Crippen molar-refractivity contribution in [3.8, 4) is 0 Å². The monoisotopic (exact) mass is 209 g/mol.